The molecule has 8 nitrogen and oxygen atoms in total. The molecule has 2 aromatic rings. The summed E-state index contributed by atoms with van der Waals surface area (Å²) in [7, 11) is 1.15. The molecule has 152 valence electrons. The minimum absolute atomic E-state index is 0.256. The summed E-state index contributed by atoms with van der Waals surface area (Å²) in [5.41, 5.74) is -4.49. The van der Waals surface area contributed by atoms with Crippen LogP contribution in [0.25, 0.3) is 10.9 Å². The van der Waals surface area contributed by atoms with Crippen LogP contribution in [0.3, 0.4) is 0 Å². The van der Waals surface area contributed by atoms with Gasteiger partial charge in [0, 0.05) is 13.2 Å². The molecule has 0 unspecified atom stereocenters. The predicted octanol–water partition coefficient (Wildman–Crippen LogP) is 1.73. The maximum absolute atomic E-state index is 13.3. The Labute approximate surface area is 156 Å². The van der Waals surface area contributed by atoms with Crippen molar-refractivity contribution >= 4 is 22.8 Å². The van der Waals surface area contributed by atoms with Gasteiger partial charge >= 0.3 is 12.1 Å². The number of amides is 1. The standard InChI is InChI=1S/C17H18F3N3O5/c1-16(2,3)28-9(24)7-22-14(26)11-12(25)10-8(23(4)15(11)27)5-6-21-13(10)17(18,19)20/h5-6,25H,7H2,1-4H3,(H,22,26). The van der Waals surface area contributed by atoms with E-state index in [9.17, 15) is 32.7 Å². The van der Waals surface area contributed by atoms with E-state index in [-0.39, 0.29) is 5.52 Å². The van der Waals surface area contributed by atoms with Crippen molar-refractivity contribution in [1.82, 2.24) is 14.9 Å². The third kappa shape index (κ3) is 4.24. The zero-order valence-electron chi connectivity index (χ0n) is 15.5. The number of aromatic nitrogens is 2. The van der Waals surface area contributed by atoms with Crippen LogP contribution in [0.5, 0.6) is 5.75 Å². The molecule has 0 radical (unpaired) electrons. The normalized spacial score (nSPS) is 12.1. The van der Waals surface area contributed by atoms with Gasteiger partial charge in [-0.05, 0) is 26.8 Å². The summed E-state index contributed by atoms with van der Waals surface area (Å²) in [4.78, 5) is 39.6. The molecule has 1 amide bonds. The first-order valence-corrected chi connectivity index (χ1v) is 8.02. The van der Waals surface area contributed by atoms with Crippen molar-refractivity contribution in [1.29, 1.82) is 0 Å². The second-order valence-corrected chi connectivity index (χ2v) is 6.91. The number of nitrogens with one attached hydrogen (secondary N) is 1. The van der Waals surface area contributed by atoms with Crippen molar-refractivity contribution in [3.05, 3.63) is 33.9 Å². The highest BCUT2D eigenvalue weighted by molar-refractivity contribution is 6.03. The highest BCUT2D eigenvalue weighted by Gasteiger charge is 2.37. The number of aryl methyl sites for hydroxylation is 1. The molecule has 0 atom stereocenters. The summed E-state index contributed by atoms with van der Waals surface area (Å²) < 4.78 is 45.5. The molecular weight excluding hydrogens is 383 g/mol. The summed E-state index contributed by atoms with van der Waals surface area (Å²) in [6.07, 6.45) is -4.09. The van der Waals surface area contributed by atoms with Gasteiger partial charge in [0.15, 0.2) is 5.69 Å². The Morgan fingerprint density at radius 3 is 2.43 bits per heavy atom. The predicted molar refractivity (Wildman–Crippen MR) is 91.8 cm³/mol. The van der Waals surface area contributed by atoms with Crippen LogP contribution in [0.2, 0.25) is 0 Å². The number of nitrogens with zero attached hydrogens (tertiary/aromatic N) is 2. The summed E-state index contributed by atoms with van der Waals surface area (Å²) in [5.74, 6) is -3.21. The number of pyridine rings is 2. The van der Waals surface area contributed by atoms with E-state index >= 15 is 0 Å². The number of halogens is 3. The number of rotatable bonds is 3. The second-order valence-electron chi connectivity index (χ2n) is 6.91. The number of hydrogen-bond donors (Lipinski definition) is 2. The van der Waals surface area contributed by atoms with Crippen molar-refractivity contribution < 1.29 is 32.6 Å². The lowest BCUT2D eigenvalue weighted by Gasteiger charge is -2.19. The molecule has 0 aliphatic carbocycles. The number of carbonyl (C=O) groups is 2. The molecule has 0 aliphatic heterocycles. The van der Waals surface area contributed by atoms with Gasteiger partial charge in [0.2, 0.25) is 0 Å². The minimum atomic E-state index is -4.93. The van der Waals surface area contributed by atoms with E-state index in [0.717, 1.165) is 23.9 Å². The number of alkyl halides is 3. The molecule has 2 N–H and O–H groups in total. The Morgan fingerprint density at radius 2 is 1.89 bits per heavy atom. The highest BCUT2D eigenvalue weighted by Crippen LogP contribution is 2.37. The van der Waals surface area contributed by atoms with Gasteiger partial charge in [0.1, 0.15) is 23.5 Å². The number of fused-ring (bicyclic) bond motifs is 1. The van der Waals surface area contributed by atoms with Gasteiger partial charge in [0.25, 0.3) is 11.5 Å². The average molecular weight is 401 g/mol. The fourth-order valence-electron chi connectivity index (χ4n) is 2.51. The summed E-state index contributed by atoms with van der Waals surface area (Å²) in [6, 6.07) is 1.11. The first kappa shape index (κ1) is 21.2. The molecule has 0 saturated heterocycles. The molecule has 0 fully saturated rings. The van der Waals surface area contributed by atoms with Gasteiger partial charge in [-0.15, -0.1) is 0 Å². The van der Waals surface area contributed by atoms with Crippen molar-refractivity contribution in [2.45, 2.75) is 32.5 Å². The monoisotopic (exact) mass is 401 g/mol. The van der Waals surface area contributed by atoms with Crippen LogP contribution in [0.4, 0.5) is 13.2 Å². The highest BCUT2D eigenvalue weighted by atomic mass is 19.4. The quantitative estimate of drug-likeness (QED) is 0.758. The third-order valence-electron chi connectivity index (χ3n) is 3.59. The van der Waals surface area contributed by atoms with Crippen molar-refractivity contribution in [2.24, 2.45) is 7.05 Å². The van der Waals surface area contributed by atoms with Gasteiger partial charge in [-0.1, -0.05) is 0 Å². The molecule has 0 aliphatic rings. The zero-order valence-corrected chi connectivity index (χ0v) is 15.5. The van der Waals surface area contributed by atoms with Gasteiger partial charge in [-0.25, -0.2) is 0 Å². The maximum Gasteiger partial charge on any atom is 0.434 e. The molecule has 0 spiro atoms. The average Bonchev–Trinajstić information content (AvgIpc) is 2.55. The van der Waals surface area contributed by atoms with E-state index < -0.39 is 58.2 Å². The van der Waals surface area contributed by atoms with Gasteiger partial charge < -0.3 is 19.7 Å². The Morgan fingerprint density at radius 1 is 1.29 bits per heavy atom. The number of esters is 1. The van der Waals surface area contributed by atoms with Crippen LogP contribution in [0, 0.1) is 0 Å². The second kappa shape index (κ2) is 7.13. The van der Waals surface area contributed by atoms with Crippen LogP contribution >= 0.6 is 0 Å². The van der Waals surface area contributed by atoms with E-state index in [2.05, 4.69) is 10.3 Å². The maximum atomic E-state index is 13.3. The molecular formula is C17H18F3N3O5. The molecule has 0 saturated carbocycles. The van der Waals surface area contributed by atoms with Crippen LogP contribution in [-0.4, -0.2) is 38.7 Å². The van der Waals surface area contributed by atoms with Crippen molar-refractivity contribution in [3.63, 3.8) is 0 Å². The Hall–Kier alpha value is -3.11. The van der Waals surface area contributed by atoms with E-state index in [0.29, 0.717) is 0 Å². The minimum Gasteiger partial charge on any atom is -0.506 e. The lowest BCUT2D eigenvalue weighted by molar-refractivity contribution is -0.153. The molecule has 2 heterocycles. The fourth-order valence-corrected chi connectivity index (χ4v) is 2.51. The molecule has 0 bridgehead atoms. The molecule has 0 aromatic carbocycles. The van der Waals surface area contributed by atoms with E-state index in [4.69, 9.17) is 4.74 Å². The van der Waals surface area contributed by atoms with Crippen molar-refractivity contribution in [2.75, 3.05) is 6.54 Å². The lowest BCUT2D eigenvalue weighted by Crippen LogP contribution is -2.37. The first-order chi connectivity index (χ1) is 12.7. The number of hydrogen-bond acceptors (Lipinski definition) is 6. The summed E-state index contributed by atoms with van der Waals surface area (Å²) in [5, 5.41) is 11.6. The van der Waals surface area contributed by atoms with Gasteiger partial charge in [-0.3, -0.25) is 19.4 Å². The number of ether oxygens (including phenoxy) is 1. The number of carbonyl (C=O) groups excluding carboxylic acids is 2. The molecule has 11 heteroatoms. The van der Waals surface area contributed by atoms with E-state index in [1.54, 1.807) is 20.8 Å². The van der Waals surface area contributed by atoms with Crippen LogP contribution in [0.15, 0.2) is 17.1 Å². The van der Waals surface area contributed by atoms with Gasteiger partial charge in [0.05, 0.1) is 10.9 Å². The summed E-state index contributed by atoms with van der Waals surface area (Å²) in [6.45, 7) is 4.16. The fraction of sp³-hybridized carbons (Fsp3) is 0.412. The number of aromatic hydroxyl groups is 1. The third-order valence-corrected chi connectivity index (χ3v) is 3.59. The Kier molecular flexibility index (Phi) is 5.40. The zero-order chi connectivity index (χ0) is 21.4. The summed E-state index contributed by atoms with van der Waals surface area (Å²) >= 11 is 0. The van der Waals surface area contributed by atoms with Crippen LogP contribution < -0.4 is 10.9 Å². The smallest absolute Gasteiger partial charge is 0.434 e. The van der Waals surface area contributed by atoms with E-state index in [1.165, 1.54) is 0 Å². The van der Waals surface area contributed by atoms with Crippen LogP contribution in [-0.2, 0) is 22.8 Å². The SMILES string of the molecule is Cn1c(=O)c(C(=O)NCC(=O)OC(C)(C)C)c(O)c2c(C(F)(F)F)nccc21. The van der Waals surface area contributed by atoms with Crippen LogP contribution in [0.1, 0.15) is 36.8 Å². The first-order valence-electron chi connectivity index (χ1n) is 8.02. The largest absolute Gasteiger partial charge is 0.506 e. The molecule has 2 aromatic heterocycles. The van der Waals surface area contributed by atoms with Crippen molar-refractivity contribution in [3.8, 4) is 5.75 Å². The Balaban J connectivity index is 2.52. The molecule has 2 rings (SSSR count). The van der Waals surface area contributed by atoms with Gasteiger partial charge in [-0.2, -0.15) is 13.2 Å². The topological polar surface area (TPSA) is 111 Å². The Bertz CT molecular complexity index is 1010. The lowest BCUT2D eigenvalue weighted by atomic mass is 10.1. The van der Waals surface area contributed by atoms with E-state index in [1.807, 2.05) is 0 Å². The molecule has 28 heavy (non-hydrogen) atoms.